The second-order valence-electron chi connectivity index (χ2n) is 5.64. The minimum Gasteiger partial charge on any atom is -0.300 e. The summed E-state index contributed by atoms with van der Waals surface area (Å²) in [5, 5.41) is 14.2. The summed E-state index contributed by atoms with van der Waals surface area (Å²) in [4.78, 5) is 27.6. The topological polar surface area (TPSA) is 84.6 Å². The van der Waals surface area contributed by atoms with Crippen LogP contribution < -0.4 is 5.32 Å². The number of nitro benzene ring substituents is 1. The summed E-state index contributed by atoms with van der Waals surface area (Å²) in [6.07, 6.45) is 1.52. The van der Waals surface area contributed by atoms with Crippen molar-refractivity contribution < 1.29 is 9.72 Å². The number of amidine groups is 1. The highest BCUT2D eigenvalue weighted by Crippen LogP contribution is 2.30. The SMILES string of the molecule is Cc1cc(C)cc(N=C2NC(=O)/C(=C/c3ccccc3[N+](=O)[O-])S2)c1. The number of aryl methyl sites for hydroxylation is 2. The number of para-hydroxylation sites is 1. The molecule has 0 saturated carbocycles. The fourth-order valence-electron chi connectivity index (χ4n) is 2.53. The Morgan fingerprint density at radius 2 is 1.84 bits per heavy atom. The third-order valence-electron chi connectivity index (χ3n) is 3.51. The van der Waals surface area contributed by atoms with Crippen molar-refractivity contribution in [1.29, 1.82) is 0 Å². The van der Waals surface area contributed by atoms with Gasteiger partial charge in [-0.05, 0) is 61.0 Å². The van der Waals surface area contributed by atoms with Crippen molar-refractivity contribution in [3.05, 3.63) is 74.2 Å². The fourth-order valence-corrected chi connectivity index (χ4v) is 3.36. The Hall–Kier alpha value is -2.93. The molecule has 0 spiro atoms. The van der Waals surface area contributed by atoms with Gasteiger partial charge < -0.3 is 5.32 Å². The van der Waals surface area contributed by atoms with E-state index in [0.717, 1.165) is 16.8 Å². The molecule has 0 radical (unpaired) electrons. The number of nitro groups is 1. The van der Waals surface area contributed by atoms with Gasteiger partial charge in [-0.25, -0.2) is 4.99 Å². The van der Waals surface area contributed by atoms with E-state index in [4.69, 9.17) is 0 Å². The van der Waals surface area contributed by atoms with Gasteiger partial charge in [-0.1, -0.05) is 18.2 Å². The molecule has 0 atom stereocenters. The molecule has 0 bridgehead atoms. The number of carbonyl (C=O) groups is 1. The summed E-state index contributed by atoms with van der Waals surface area (Å²) in [6, 6.07) is 12.2. The van der Waals surface area contributed by atoms with Crippen LogP contribution in [0.25, 0.3) is 6.08 Å². The van der Waals surface area contributed by atoms with Crippen molar-refractivity contribution in [2.45, 2.75) is 13.8 Å². The molecule has 6 nitrogen and oxygen atoms in total. The Bertz CT molecular complexity index is 915. The van der Waals surface area contributed by atoms with Crippen LogP contribution in [0.15, 0.2) is 52.4 Å². The normalized spacial score (nSPS) is 17.1. The van der Waals surface area contributed by atoms with E-state index in [1.54, 1.807) is 18.2 Å². The largest absolute Gasteiger partial charge is 0.300 e. The maximum Gasteiger partial charge on any atom is 0.276 e. The van der Waals surface area contributed by atoms with Crippen LogP contribution in [0.2, 0.25) is 0 Å². The van der Waals surface area contributed by atoms with Gasteiger partial charge in [-0.2, -0.15) is 0 Å². The van der Waals surface area contributed by atoms with Gasteiger partial charge in [0.05, 0.1) is 21.1 Å². The third kappa shape index (κ3) is 3.95. The first kappa shape index (κ1) is 16.9. The van der Waals surface area contributed by atoms with E-state index >= 15 is 0 Å². The minimum absolute atomic E-state index is 0.0388. The molecular formula is C18H15N3O3S. The average Bonchev–Trinajstić information content (AvgIpc) is 2.86. The Labute approximate surface area is 148 Å². The number of carbonyl (C=O) groups excluding carboxylic acids is 1. The van der Waals surface area contributed by atoms with E-state index in [2.05, 4.69) is 10.3 Å². The molecule has 1 aliphatic heterocycles. The lowest BCUT2D eigenvalue weighted by Crippen LogP contribution is -2.19. The molecule has 0 aliphatic carbocycles. The lowest BCUT2D eigenvalue weighted by molar-refractivity contribution is -0.385. The smallest absolute Gasteiger partial charge is 0.276 e. The number of benzene rings is 2. The van der Waals surface area contributed by atoms with Crippen LogP contribution >= 0.6 is 11.8 Å². The summed E-state index contributed by atoms with van der Waals surface area (Å²) in [5.74, 6) is -0.314. The zero-order valence-electron chi connectivity index (χ0n) is 13.6. The van der Waals surface area contributed by atoms with E-state index in [-0.39, 0.29) is 11.6 Å². The van der Waals surface area contributed by atoms with Gasteiger partial charge in [0.25, 0.3) is 11.6 Å². The number of aliphatic imine (C=N–C) groups is 1. The Balaban J connectivity index is 1.90. The maximum atomic E-state index is 12.1. The van der Waals surface area contributed by atoms with Crippen LogP contribution in [0.3, 0.4) is 0 Å². The first-order valence-corrected chi connectivity index (χ1v) is 8.35. The molecule has 1 fully saturated rings. The highest BCUT2D eigenvalue weighted by Gasteiger charge is 2.25. The van der Waals surface area contributed by atoms with Gasteiger partial charge in [0.1, 0.15) is 0 Å². The molecule has 2 aromatic carbocycles. The number of nitrogens with zero attached hydrogens (tertiary/aromatic N) is 2. The molecule has 3 rings (SSSR count). The molecule has 1 saturated heterocycles. The number of thioether (sulfide) groups is 1. The molecule has 0 unspecified atom stereocenters. The van der Waals surface area contributed by atoms with Gasteiger partial charge in [0, 0.05) is 6.07 Å². The first-order valence-electron chi connectivity index (χ1n) is 7.54. The molecule has 1 aliphatic rings. The molecule has 2 aromatic rings. The summed E-state index contributed by atoms with van der Waals surface area (Å²) in [7, 11) is 0. The Morgan fingerprint density at radius 3 is 2.52 bits per heavy atom. The monoisotopic (exact) mass is 353 g/mol. The number of nitrogens with one attached hydrogen (secondary N) is 1. The minimum atomic E-state index is -0.464. The zero-order valence-corrected chi connectivity index (χ0v) is 14.5. The van der Waals surface area contributed by atoms with Crippen LogP contribution in [0, 0.1) is 24.0 Å². The van der Waals surface area contributed by atoms with Gasteiger partial charge in [-0.15, -0.1) is 0 Å². The van der Waals surface area contributed by atoms with E-state index < -0.39 is 4.92 Å². The second kappa shape index (κ2) is 6.90. The third-order valence-corrected chi connectivity index (χ3v) is 4.42. The fraction of sp³-hybridized carbons (Fsp3) is 0.111. The van der Waals surface area contributed by atoms with Crippen LogP contribution in [0.4, 0.5) is 11.4 Å². The summed E-state index contributed by atoms with van der Waals surface area (Å²) >= 11 is 1.17. The summed E-state index contributed by atoms with van der Waals surface area (Å²) in [5.41, 5.74) is 3.28. The van der Waals surface area contributed by atoms with Crippen molar-refractivity contribution >= 4 is 40.3 Å². The number of rotatable bonds is 3. The summed E-state index contributed by atoms with van der Waals surface area (Å²) < 4.78 is 0. The van der Waals surface area contributed by atoms with E-state index in [1.807, 2.05) is 32.0 Å². The lowest BCUT2D eigenvalue weighted by atomic mass is 10.1. The van der Waals surface area contributed by atoms with E-state index in [1.165, 1.54) is 23.9 Å². The molecule has 25 heavy (non-hydrogen) atoms. The standard InChI is InChI=1S/C18H15N3O3S/c1-11-7-12(2)9-14(8-11)19-18-20-17(22)16(25-18)10-13-5-3-4-6-15(13)21(23)24/h3-10H,1-2H3,(H,19,20,22)/b16-10-. The van der Waals surface area contributed by atoms with Crippen LogP contribution in [0.1, 0.15) is 16.7 Å². The maximum absolute atomic E-state index is 12.1. The highest BCUT2D eigenvalue weighted by atomic mass is 32.2. The van der Waals surface area contributed by atoms with Crippen LogP contribution in [-0.2, 0) is 4.79 Å². The molecule has 0 aromatic heterocycles. The average molecular weight is 353 g/mol. The van der Waals surface area contributed by atoms with Gasteiger partial charge in [0.15, 0.2) is 5.17 Å². The second-order valence-corrected chi connectivity index (χ2v) is 6.67. The number of amides is 1. The van der Waals surface area contributed by atoms with Crippen molar-refractivity contribution in [2.24, 2.45) is 4.99 Å². The number of hydrogen-bond donors (Lipinski definition) is 1. The predicted octanol–water partition coefficient (Wildman–Crippen LogP) is 4.10. The van der Waals surface area contributed by atoms with Crippen molar-refractivity contribution in [2.75, 3.05) is 0 Å². The predicted molar refractivity (Wildman–Crippen MR) is 99.8 cm³/mol. The van der Waals surface area contributed by atoms with Gasteiger partial charge in [0.2, 0.25) is 0 Å². The molecular weight excluding hydrogens is 338 g/mol. The van der Waals surface area contributed by atoms with Crippen molar-refractivity contribution in [3.63, 3.8) is 0 Å². The Morgan fingerprint density at radius 1 is 1.16 bits per heavy atom. The quantitative estimate of drug-likeness (QED) is 0.511. The molecule has 7 heteroatoms. The number of hydrogen-bond acceptors (Lipinski definition) is 5. The summed E-state index contributed by atoms with van der Waals surface area (Å²) in [6.45, 7) is 3.97. The van der Waals surface area contributed by atoms with Crippen molar-refractivity contribution in [1.82, 2.24) is 5.32 Å². The van der Waals surface area contributed by atoms with E-state index in [0.29, 0.717) is 15.6 Å². The Kier molecular flexibility index (Phi) is 4.67. The lowest BCUT2D eigenvalue weighted by Gasteiger charge is -2.00. The zero-order chi connectivity index (χ0) is 18.0. The van der Waals surface area contributed by atoms with Gasteiger partial charge in [-0.3, -0.25) is 14.9 Å². The molecule has 1 N–H and O–H groups in total. The highest BCUT2D eigenvalue weighted by molar-refractivity contribution is 8.18. The van der Waals surface area contributed by atoms with Gasteiger partial charge >= 0.3 is 0 Å². The van der Waals surface area contributed by atoms with Crippen LogP contribution in [0.5, 0.6) is 0 Å². The molecule has 126 valence electrons. The first-order chi connectivity index (χ1) is 11.9. The van der Waals surface area contributed by atoms with Crippen LogP contribution in [-0.4, -0.2) is 16.0 Å². The van der Waals surface area contributed by atoms with Crippen molar-refractivity contribution in [3.8, 4) is 0 Å². The van der Waals surface area contributed by atoms with E-state index in [9.17, 15) is 14.9 Å². The molecule has 1 heterocycles. The molecule has 1 amide bonds.